The molecule has 1 heterocycles. The second kappa shape index (κ2) is 9.06. The number of nitrogens with one attached hydrogen (secondary N) is 1. The highest BCUT2D eigenvalue weighted by molar-refractivity contribution is 8.00. The van der Waals surface area contributed by atoms with Crippen LogP contribution in [0.15, 0.2) is 88.8 Å². The molecule has 0 bridgehead atoms. The summed E-state index contributed by atoms with van der Waals surface area (Å²) in [6.45, 7) is 1.79. The maximum Gasteiger partial charge on any atom is 0.266 e. The van der Waals surface area contributed by atoms with Crippen LogP contribution in [0.5, 0.6) is 5.75 Å². The van der Waals surface area contributed by atoms with Gasteiger partial charge in [-0.3, -0.25) is 14.2 Å². The van der Waals surface area contributed by atoms with E-state index < -0.39 is 5.25 Å². The van der Waals surface area contributed by atoms with Crippen molar-refractivity contribution in [3.8, 4) is 11.4 Å². The third-order valence-corrected chi connectivity index (χ3v) is 5.80. The fourth-order valence-corrected chi connectivity index (χ4v) is 4.07. The highest BCUT2D eigenvalue weighted by atomic mass is 32.2. The maximum atomic E-state index is 13.4. The van der Waals surface area contributed by atoms with Gasteiger partial charge in [0, 0.05) is 11.8 Å². The molecule has 1 amide bonds. The Balaban J connectivity index is 1.75. The van der Waals surface area contributed by atoms with Gasteiger partial charge in [0.2, 0.25) is 5.91 Å². The van der Waals surface area contributed by atoms with Gasteiger partial charge in [0.05, 0.1) is 29.0 Å². The fourth-order valence-electron chi connectivity index (χ4n) is 3.15. The van der Waals surface area contributed by atoms with Crippen molar-refractivity contribution in [2.24, 2.45) is 0 Å². The van der Waals surface area contributed by atoms with Crippen LogP contribution in [0.1, 0.15) is 6.92 Å². The monoisotopic (exact) mass is 431 g/mol. The van der Waals surface area contributed by atoms with E-state index in [9.17, 15) is 9.59 Å². The van der Waals surface area contributed by atoms with Gasteiger partial charge in [0.15, 0.2) is 5.16 Å². The van der Waals surface area contributed by atoms with Gasteiger partial charge in [-0.1, -0.05) is 48.2 Å². The second-order valence-corrected chi connectivity index (χ2v) is 8.18. The molecule has 0 saturated carbocycles. The molecular weight excluding hydrogens is 410 g/mol. The highest BCUT2D eigenvalue weighted by Crippen LogP contribution is 2.27. The predicted molar refractivity (Wildman–Crippen MR) is 124 cm³/mol. The molecule has 156 valence electrons. The number of methoxy groups -OCH3 is 1. The molecular formula is C24H21N3O3S. The Bertz CT molecular complexity index is 1290. The molecule has 4 rings (SSSR count). The zero-order valence-corrected chi connectivity index (χ0v) is 17.9. The van der Waals surface area contributed by atoms with Crippen molar-refractivity contribution in [3.05, 3.63) is 89.2 Å². The first kappa shape index (κ1) is 20.7. The van der Waals surface area contributed by atoms with Crippen LogP contribution >= 0.6 is 11.8 Å². The number of ether oxygens (including phenoxy) is 1. The molecule has 0 saturated heterocycles. The lowest BCUT2D eigenvalue weighted by Crippen LogP contribution is -2.26. The van der Waals surface area contributed by atoms with E-state index in [0.717, 1.165) is 5.69 Å². The number of hydrogen-bond acceptors (Lipinski definition) is 5. The number of fused-ring (bicyclic) bond motifs is 1. The number of aromatic nitrogens is 2. The molecule has 7 heteroatoms. The summed E-state index contributed by atoms with van der Waals surface area (Å²) in [5.74, 6) is 0.458. The van der Waals surface area contributed by atoms with Crippen LogP contribution in [0.3, 0.4) is 0 Å². The minimum absolute atomic E-state index is 0.171. The molecule has 31 heavy (non-hydrogen) atoms. The zero-order valence-electron chi connectivity index (χ0n) is 17.1. The first-order chi connectivity index (χ1) is 15.1. The Morgan fingerprint density at radius 2 is 1.77 bits per heavy atom. The first-order valence-electron chi connectivity index (χ1n) is 9.75. The van der Waals surface area contributed by atoms with E-state index in [1.54, 1.807) is 32.2 Å². The molecule has 0 spiro atoms. The average Bonchev–Trinajstić information content (AvgIpc) is 2.80. The molecule has 0 aliphatic heterocycles. The van der Waals surface area contributed by atoms with Crippen LogP contribution in [-0.4, -0.2) is 27.8 Å². The van der Waals surface area contributed by atoms with Crippen LogP contribution in [0.2, 0.25) is 0 Å². The highest BCUT2D eigenvalue weighted by Gasteiger charge is 2.20. The maximum absolute atomic E-state index is 13.4. The molecule has 4 aromatic rings. The number of carbonyl (C=O) groups is 1. The Morgan fingerprint density at radius 1 is 1.03 bits per heavy atom. The van der Waals surface area contributed by atoms with Gasteiger partial charge in [-0.25, -0.2) is 4.98 Å². The number of hydrogen-bond donors (Lipinski definition) is 1. The van der Waals surface area contributed by atoms with Gasteiger partial charge in [-0.05, 0) is 43.3 Å². The largest absolute Gasteiger partial charge is 0.497 e. The number of para-hydroxylation sites is 2. The van der Waals surface area contributed by atoms with Gasteiger partial charge in [-0.2, -0.15) is 0 Å². The Kier molecular flexibility index (Phi) is 6.04. The lowest BCUT2D eigenvalue weighted by atomic mass is 10.2. The summed E-state index contributed by atoms with van der Waals surface area (Å²) in [6, 6.07) is 23.7. The number of nitrogens with zero attached hydrogens (tertiary/aromatic N) is 2. The number of amides is 1. The van der Waals surface area contributed by atoms with Gasteiger partial charge in [-0.15, -0.1) is 0 Å². The van der Waals surface area contributed by atoms with Crippen LogP contribution in [0.25, 0.3) is 16.6 Å². The van der Waals surface area contributed by atoms with E-state index in [0.29, 0.717) is 27.5 Å². The van der Waals surface area contributed by atoms with Crippen LogP contribution in [0.4, 0.5) is 5.69 Å². The summed E-state index contributed by atoms with van der Waals surface area (Å²) in [5, 5.41) is 3.36. The quantitative estimate of drug-likeness (QED) is 0.359. The number of benzene rings is 3. The normalized spacial score (nSPS) is 11.8. The second-order valence-electron chi connectivity index (χ2n) is 6.87. The lowest BCUT2D eigenvalue weighted by molar-refractivity contribution is -0.115. The van der Waals surface area contributed by atoms with Gasteiger partial charge in [0.25, 0.3) is 5.56 Å². The summed E-state index contributed by atoms with van der Waals surface area (Å²) >= 11 is 1.23. The third-order valence-electron chi connectivity index (χ3n) is 4.75. The molecule has 0 aliphatic carbocycles. The molecule has 3 aromatic carbocycles. The van der Waals surface area contributed by atoms with E-state index in [2.05, 4.69) is 5.32 Å². The number of thioether (sulfide) groups is 1. The summed E-state index contributed by atoms with van der Waals surface area (Å²) in [5.41, 5.74) is 1.74. The van der Waals surface area contributed by atoms with Gasteiger partial charge in [0.1, 0.15) is 5.75 Å². The Morgan fingerprint density at radius 3 is 2.55 bits per heavy atom. The Labute approximate surface area is 183 Å². The van der Waals surface area contributed by atoms with Crippen molar-refractivity contribution in [1.29, 1.82) is 0 Å². The molecule has 1 N–H and O–H groups in total. The molecule has 1 atom stereocenters. The van der Waals surface area contributed by atoms with Crippen molar-refractivity contribution < 1.29 is 9.53 Å². The SMILES string of the molecule is COc1cccc(-n2c(S[C@H](C)C(=O)Nc3ccccc3)nc3ccccc3c2=O)c1. The number of carbonyl (C=O) groups excluding carboxylic acids is 1. The topological polar surface area (TPSA) is 73.2 Å². The number of rotatable bonds is 6. The number of anilines is 1. The minimum atomic E-state index is -0.481. The Hall–Kier alpha value is -3.58. The third kappa shape index (κ3) is 4.46. The molecule has 0 radical (unpaired) electrons. The van der Waals surface area contributed by atoms with E-state index in [1.165, 1.54) is 16.3 Å². The summed E-state index contributed by atoms with van der Waals surface area (Å²) < 4.78 is 6.85. The van der Waals surface area contributed by atoms with Crippen molar-refractivity contribution in [2.75, 3.05) is 12.4 Å². The predicted octanol–water partition coefficient (Wildman–Crippen LogP) is 4.51. The van der Waals surface area contributed by atoms with Crippen LogP contribution in [0, 0.1) is 0 Å². The van der Waals surface area contributed by atoms with E-state index in [-0.39, 0.29) is 11.5 Å². The van der Waals surface area contributed by atoms with E-state index in [4.69, 9.17) is 9.72 Å². The van der Waals surface area contributed by atoms with Crippen molar-refractivity contribution in [3.63, 3.8) is 0 Å². The van der Waals surface area contributed by atoms with Crippen molar-refractivity contribution in [2.45, 2.75) is 17.3 Å². The zero-order chi connectivity index (χ0) is 21.8. The standard InChI is InChI=1S/C24H21N3O3S/c1-16(22(28)25-17-9-4-3-5-10-17)31-24-26-21-14-7-6-13-20(21)23(29)27(24)18-11-8-12-19(15-18)30-2/h3-16H,1-2H3,(H,25,28)/t16-/m1/s1. The van der Waals surface area contributed by atoms with Gasteiger partial charge < -0.3 is 10.1 Å². The molecule has 6 nitrogen and oxygen atoms in total. The van der Waals surface area contributed by atoms with E-state index in [1.807, 2.05) is 60.7 Å². The summed E-state index contributed by atoms with van der Waals surface area (Å²) in [7, 11) is 1.58. The van der Waals surface area contributed by atoms with E-state index >= 15 is 0 Å². The van der Waals surface area contributed by atoms with Crippen LogP contribution in [-0.2, 0) is 4.79 Å². The average molecular weight is 432 g/mol. The van der Waals surface area contributed by atoms with Gasteiger partial charge >= 0.3 is 0 Å². The van der Waals surface area contributed by atoms with Crippen molar-refractivity contribution >= 4 is 34.3 Å². The molecule has 1 aromatic heterocycles. The smallest absolute Gasteiger partial charge is 0.266 e. The summed E-state index contributed by atoms with van der Waals surface area (Å²) in [6.07, 6.45) is 0. The lowest BCUT2D eigenvalue weighted by Gasteiger charge is -2.17. The summed E-state index contributed by atoms with van der Waals surface area (Å²) in [4.78, 5) is 30.8. The molecule has 0 fully saturated rings. The minimum Gasteiger partial charge on any atom is -0.497 e. The fraction of sp³-hybridized carbons (Fsp3) is 0.125. The van der Waals surface area contributed by atoms with Crippen LogP contribution < -0.4 is 15.6 Å². The first-order valence-corrected chi connectivity index (χ1v) is 10.6. The van der Waals surface area contributed by atoms with Crippen molar-refractivity contribution in [1.82, 2.24) is 9.55 Å². The molecule has 0 unspecified atom stereocenters. The molecule has 0 aliphatic rings.